The average molecular weight is 373 g/mol. The number of likely N-dealkylation sites (tertiary alicyclic amines) is 1. The normalized spacial score (nSPS) is 26.6. The Morgan fingerprint density at radius 3 is 2.67 bits per heavy atom. The molecule has 148 valence electrons. The highest BCUT2D eigenvalue weighted by Crippen LogP contribution is 2.27. The van der Waals surface area contributed by atoms with Gasteiger partial charge in [-0.3, -0.25) is 9.69 Å². The molecule has 27 heavy (non-hydrogen) atoms. The van der Waals surface area contributed by atoms with Gasteiger partial charge in [0.15, 0.2) is 6.61 Å². The van der Waals surface area contributed by atoms with Crippen molar-refractivity contribution in [1.29, 1.82) is 0 Å². The van der Waals surface area contributed by atoms with E-state index in [-0.39, 0.29) is 24.7 Å². The summed E-state index contributed by atoms with van der Waals surface area (Å²) in [5.74, 6) is 0.763. The van der Waals surface area contributed by atoms with Crippen LogP contribution >= 0.6 is 0 Å². The molecule has 0 radical (unpaired) electrons. The molecule has 2 atom stereocenters. The number of aliphatic hydroxyl groups excluding tert-OH is 1. The number of amides is 1. The van der Waals surface area contributed by atoms with Crippen LogP contribution in [0.25, 0.3) is 0 Å². The summed E-state index contributed by atoms with van der Waals surface area (Å²) in [5.41, 5.74) is 2.78. The van der Waals surface area contributed by atoms with Crippen molar-refractivity contribution in [3.05, 3.63) is 29.3 Å². The molecule has 1 aromatic carbocycles. The van der Waals surface area contributed by atoms with Crippen LogP contribution in [0.2, 0.25) is 0 Å². The number of rotatable bonds is 5. The van der Waals surface area contributed by atoms with Crippen molar-refractivity contribution in [2.75, 3.05) is 19.7 Å². The summed E-state index contributed by atoms with van der Waals surface area (Å²) in [6.07, 6.45) is 9.63. The Bertz CT molecular complexity index is 655. The van der Waals surface area contributed by atoms with Gasteiger partial charge in [-0.05, 0) is 68.2 Å². The monoisotopic (exact) mass is 372 g/mol. The van der Waals surface area contributed by atoms with Gasteiger partial charge in [-0.25, -0.2) is 0 Å². The number of hydrogen-bond donors (Lipinski definition) is 2. The Hall–Kier alpha value is -1.59. The van der Waals surface area contributed by atoms with Crippen LogP contribution in [0, 0.1) is 0 Å². The van der Waals surface area contributed by atoms with Crippen LogP contribution in [0.3, 0.4) is 0 Å². The van der Waals surface area contributed by atoms with Gasteiger partial charge in [0.2, 0.25) is 0 Å². The average Bonchev–Trinajstić information content (AvgIpc) is 3.15. The van der Waals surface area contributed by atoms with Gasteiger partial charge < -0.3 is 15.2 Å². The summed E-state index contributed by atoms with van der Waals surface area (Å²) in [4.78, 5) is 14.7. The van der Waals surface area contributed by atoms with E-state index in [9.17, 15) is 9.90 Å². The lowest BCUT2D eigenvalue weighted by Gasteiger charge is -2.41. The molecule has 1 saturated heterocycles. The van der Waals surface area contributed by atoms with E-state index >= 15 is 0 Å². The molecule has 2 aliphatic carbocycles. The molecule has 1 saturated carbocycles. The van der Waals surface area contributed by atoms with Crippen LogP contribution in [-0.4, -0.2) is 53.8 Å². The molecule has 0 aromatic heterocycles. The molecule has 2 N–H and O–H groups in total. The number of hydrogen-bond acceptors (Lipinski definition) is 4. The zero-order chi connectivity index (χ0) is 18.6. The number of nitrogens with one attached hydrogen (secondary N) is 1. The molecular weight excluding hydrogens is 340 g/mol. The molecule has 0 bridgehead atoms. The topological polar surface area (TPSA) is 61.8 Å². The lowest BCUT2D eigenvalue weighted by Crippen LogP contribution is -2.52. The highest BCUT2D eigenvalue weighted by molar-refractivity contribution is 5.77. The Labute approximate surface area is 162 Å². The van der Waals surface area contributed by atoms with E-state index in [1.54, 1.807) is 0 Å². The lowest BCUT2D eigenvalue weighted by atomic mass is 9.89. The lowest BCUT2D eigenvalue weighted by molar-refractivity contribution is -0.124. The largest absolute Gasteiger partial charge is 0.484 e. The van der Waals surface area contributed by atoms with E-state index in [1.807, 2.05) is 6.07 Å². The van der Waals surface area contributed by atoms with E-state index in [4.69, 9.17) is 4.74 Å². The van der Waals surface area contributed by atoms with Crippen molar-refractivity contribution in [3.8, 4) is 5.75 Å². The maximum Gasteiger partial charge on any atom is 0.258 e. The van der Waals surface area contributed by atoms with Gasteiger partial charge in [-0.1, -0.05) is 18.9 Å². The Morgan fingerprint density at radius 2 is 1.85 bits per heavy atom. The van der Waals surface area contributed by atoms with Crippen molar-refractivity contribution < 1.29 is 14.6 Å². The van der Waals surface area contributed by atoms with Gasteiger partial charge in [-0.15, -0.1) is 0 Å². The van der Waals surface area contributed by atoms with Gasteiger partial charge in [0.1, 0.15) is 5.75 Å². The van der Waals surface area contributed by atoms with Crippen LogP contribution in [0.15, 0.2) is 18.2 Å². The minimum Gasteiger partial charge on any atom is -0.484 e. The smallest absolute Gasteiger partial charge is 0.258 e. The van der Waals surface area contributed by atoms with Crippen LogP contribution in [0.5, 0.6) is 5.75 Å². The Balaban J connectivity index is 1.19. The van der Waals surface area contributed by atoms with Crippen molar-refractivity contribution in [2.24, 2.45) is 0 Å². The van der Waals surface area contributed by atoms with E-state index < -0.39 is 0 Å². The van der Waals surface area contributed by atoms with Crippen LogP contribution in [0.1, 0.15) is 56.1 Å². The first-order valence-electron chi connectivity index (χ1n) is 10.6. The Kier molecular flexibility index (Phi) is 5.98. The summed E-state index contributed by atoms with van der Waals surface area (Å²) in [7, 11) is 0. The van der Waals surface area contributed by atoms with Gasteiger partial charge in [0.05, 0.1) is 6.10 Å². The second kappa shape index (κ2) is 8.61. The SMILES string of the molecule is O=C(COc1ccc2c(c1)CCC2)NC1CCN([C@@H]2CCCC[C@@H]2O)CC1. The Morgan fingerprint density at radius 1 is 1.07 bits per heavy atom. The van der Waals surface area contributed by atoms with Crippen LogP contribution < -0.4 is 10.1 Å². The molecule has 1 aliphatic heterocycles. The number of nitrogens with zero attached hydrogens (tertiary/aromatic N) is 1. The first kappa shape index (κ1) is 18.8. The van der Waals surface area contributed by atoms with E-state index in [0.29, 0.717) is 6.04 Å². The highest BCUT2D eigenvalue weighted by atomic mass is 16.5. The third kappa shape index (κ3) is 4.64. The fourth-order valence-electron chi connectivity index (χ4n) is 4.95. The predicted octanol–water partition coefficient (Wildman–Crippen LogP) is 2.44. The third-order valence-corrected chi connectivity index (χ3v) is 6.50. The van der Waals surface area contributed by atoms with Crippen LogP contribution in [0.4, 0.5) is 0 Å². The number of fused-ring (bicyclic) bond motifs is 1. The summed E-state index contributed by atoms with van der Waals surface area (Å²) in [6.45, 7) is 2.00. The van der Waals surface area contributed by atoms with E-state index in [0.717, 1.165) is 63.8 Å². The summed E-state index contributed by atoms with van der Waals surface area (Å²) in [5, 5.41) is 13.4. The number of aryl methyl sites for hydroxylation is 2. The van der Waals surface area contributed by atoms with Gasteiger partial charge >= 0.3 is 0 Å². The van der Waals surface area contributed by atoms with Crippen molar-refractivity contribution in [3.63, 3.8) is 0 Å². The molecule has 1 heterocycles. The molecule has 5 nitrogen and oxygen atoms in total. The van der Waals surface area contributed by atoms with Crippen molar-refractivity contribution in [1.82, 2.24) is 10.2 Å². The number of carbonyl (C=O) groups is 1. The van der Waals surface area contributed by atoms with Gasteiger partial charge in [0.25, 0.3) is 5.91 Å². The molecule has 1 aromatic rings. The maximum absolute atomic E-state index is 12.3. The van der Waals surface area contributed by atoms with E-state index in [1.165, 1.54) is 24.0 Å². The highest BCUT2D eigenvalue weighted by Gasteiger charge is 2.31. The summed E-state index contributed by atoms with van der Waals surface area (Å²) in [6, 6.07) is 6.73. The molecule has 1 amide bonds. The number of ether oxygens (including phenoxy) is 1. The zero-order valence-corrected chi connectivity index (χ0v) is 16.2. The molecule has 4 rings (SSSR count). The number of carbonyl (C=O) groups excluding carboxylic acids is 1. The minimum absolute atomic E-state index is 0.0355. The van der Waals surface area contributed by atoms with Gasteiger partial charge in [0, 0.05) is 25.2 Å². The molecule has 0 unspecified atom stereocenters. The first-order chi connectivity index (χ1) is 13.2. The third-order valence-electron chi connectivity index (χ3n) is 6.50. The number of aliphatic hydroxyl groups is 1. The quantitative estimate of drug-likeness (QED) is 0.833. The summed E-state index contributed by atoms with van der Waals surface area (Å²) >= 11 is 0. The second-order valence-electron chi connectivity index (χ2n) is 8.37. The molecular formula is C22H32N2O3. The van der Waals surface area contributed by atoms with Gasteiger partial charge in [-0.2, -0.15) is 0 Å². The van der Waals surface area contributed by atoms with Crippen LogP contribution in [-0.2, 0) is 17.6 Å². The minimum atomic E-state index is -0.175. The zero-order valence-electron chi connectivity index (χ0n) is 16.2. The van der Waals surface area contributed by atoms with E-state index in [2.05, 4.69) is 22.3 Å². The van der Waals surface area contributed by atoms with Crippen molar-refractivity contribution >= 4 is 5.91 Å². The number of benzene rings is 1. The fourth-order valence-corrected chi connectivity index (χ4v) is 4.95. The molecule has 2 fully saturated rings. The molecule has 3 aliphatic rings. The predicted molar refractivity (Wildman–Crippen MR) is 105 cm³/mol. The fraction of sp³-hybridized carbons (Fsp3) is 0.682. The standard InChI is InChI=1S/C22H32N2O3/c25-21-7-2-1-6-20(21)24-12-10-18(11-13-24)23-22(26)15-27-19-9-8-16-4-3-5-17(16)14-19/h8-9,14,18,20-21,25H,1-7,10-13,15H2,(H,23,26)/t20-,21+/m1/s1. The second-order valence-corrected chi connectivity index (χ2v) is 8.37. The van der Waals surface area contributed by atoms with Crippen molar-refractivity contribution in [2.45, 2.75) is 76.0 Å². The summed E-state index contributed by atoms with van der Waals surface area (Å²) < 4.78 is 5.71. The number of piperidine rings is 1. The first-order valence-corrected chi connectivity index (χ1v) is 10.6. The maximum atomic E-state index is 12.3. The molecule has 5 heteroatoms. The molecule has 0 spiro atoms.